The molecule has 118 valence electrons. The third-order valence-electron chi connectivity index (χ3n) is 5.22. The van der Waals surface area contributed by atoms with Gasteiger partial charge in [0.15, 0.2) is 0 Å². The van der Waals surface area contributed by atoms with Crippen molar-refractivity contribution in [2.24, 2.45) is 0 Å². The van der Waals surface area contributed by atoms with E-state index in [4.69, 9.17) is 0 Å². The largest absolute Gasteiger partial charge is 0.342 e. The number of hydrogen-bond donors (Lipinski definition) is 1. The lowest BCUT2D eigenvalue weighted by atomic mass is 9.80. The van der Waals surface area contributed by atoms with Gasteiger partial charge in [0.05, 0.1) is 0 Å². The second-order valence-electron chi connectivity index (χ2n) is 7.07. The number of nitrogens with one attached hydrogen (secondary N) is 1. The van der Waals surface area contributed by atoms with Crippen molar-refractivity contribution >= 4 is 23.6 Å². The molecule has 3 aliphatic rings. The van der Waals surface area contributed by atoms with Crippen molar-refractivity contribution in [3.05, 3.63) is 0 Å². The number of carbonyl (C=O) groups excluding carboxylic acids is 2. The SMILES string of the molecule is CC1(CN2CCC(=O)NC3(CCCCC3)C2=O)CCCS1. The Kier molecular flexibility index (Phi) is 4.21. The first-order valence-corrected chi connectivity index (χ1v) is 9.26. The predicted molar refractivity (Wildman–Crippen MR) is 85.3 cm³/mol. The van der Waals surface area contributed by atoms with Crippen LogP contribution in [0, 0.1) is 0 Å². The topological polar surface area (TPSA) is 49.4 Å². The lowest BCUT2D eigenvalue weighted by molar-refractivity contribution is -0.140. The van der Waals surface area contributed by atoms with Crippen LogP contribution in [-0.2, 0) is 9.59 Å². The van der Waals surface area contributed by atoms with E-state index in [2.05, 4.69) is 12.2 Å². The highest BCUT2D eigenvalue weighted by atomic mass is 32.2. The van der Waals surface area contributed by atoms with Gasteiger partial charge in [-0.25, -0.2) is 0 Å². The molecule has 3 fully saturated rings. The van der Waals surface area contributed by atoms with Gasteiger partial charge >= 0.3 is 0 Å². The van der Waals surface area contributed by atoms with Crippen molar-refractivity contribution in [3.63, 3.8) is 0 Å². The summed E-state index contributed by atoms with van der Waals surface area (Å²) in [4.78, 5) is 27.2. The summed E-state index contributed by atoms with van der Waals surface area (Å²) in [5.74, 6) is 1.43. The Morgan fingerprint density at radius 2 is 1.90 bits per heavy atom. The minimum Gasteiger partial charge on any atom is -0.342 e. The molecule has 4 nitrogen and oxygen atoms in total. The molecule has 1 N–H and O–H groups in total. The molecule has 3 rings (SSSR count). The van der Waals surface area contributed by atoms with Crippen LogP contribution in [0.15, 0.2) is 0 Å². The number of rotatable bonds is 2. The molecule has 2 heterocycles. The molecule has 1 atom stereocenters. The Morgan fingerprint density at radius 1 is 1.14 bits per heavy atom. The fourth-order valence-corrected chi connectivity index (χ4v) is 5.35. The molecule has 2 amide bonds. The molecule has 0 aromatic heterocycles. The molecule has 21 heavy (non-hydrogen) atoms. The van der Waals surface area contributed by atoms with Crippen LogP contribution in [0.25, 0.3) is 0 Å². The van der Waals surface area contributed by atoms with Gasteiger partial charge in [-0.2, -0.15) is 11.8 Å². The van der Waals surface area contributed by atoms with Gasteiger partial charge in [-0.3, -0.25) is 9.59 Å². The maximum atomic E-state index is 13.1. The number of amides is 2. The van der Waals surface area contributed by atoms with E-state index >= 15 is 0 Å². The predicted octanol–water partition coefficient (Wildman–Crippen LogP) is 2.32. The van der Waals surface area contributed by atoms with E-state index in [9.17, 15) is 9.59 Å². The van der Waals surface area contributed by atoms with E-state index < -0.39 is 5.54 Å². The molecule has 1 spiro atoms. The number of hydrogen-bond acceptors (Lipinski definition) is 3. The van der Waals surface area contributed by atoms with Crippen molar-refractivity contribution in [2.45, 2.75) is 68.6 Å². The third-order valence-corrected chi connectivity index (χ3v) is 6.74. The minimum absolute atomic E-state index is 0.0528. The lowest BCUT2D eigenvalue weighted by Gasteiger charge is -2.40. The van der Waals surface area contributed by atoms with Crippen molar-refractivity contribution < 1.29 is 9.59 Å². The van der Waals surface area contributed by atoms with E-state index in [1.54, 1.807) is 0 Å². The third kappa shape index (κ3) is 3.08. The van der Waals surface area contributed by atoms with Gasteiger partial charge in [0, 0.05) is 24.3 Å². The standard InChI is InChI=1S/C16H26N2O2S/c1-15(7-5-11-21-15)12-18-10-6-13(19)17-16(14(18)20)8-3-2-4-9-16/h2-12H2,1H3,(H,17,19). The van der Waals surface area contributed by atoms with Crippen LogP contribution in [0.5, 0.6) is 0 Å². The zero-order chi connectivity index (χ0) is 14.9. The first-order chi connectivity index (χ1) is 10.0. The molecule has 0 aromatic carbocycles. The van der Waals surface area contributed by atoms with Crippen LogP contribution < -0.4 is 5.32 Å². The average molecular weight is 310 g/mol. The first kappa shape index (κ1) is 15.2. The van der Waals surface area contributed by atoms with E-state index in [0.717, 1.165) is 32.2 Å². The summed E-state index contributed by atoms with van der Waals surface area (Å²) in [5.41, 5.74) is -0.592. The highest BCUT2D eigenvalue weighted by Crippen LogP contribution is 2.39. The summed E-state index contributed by atoms with van der Waals surface area (Å²) in [6.45, 7) is 3.65. The first-order valence-electron chi connectivity index (χ1n) is 8.27. The van der Waals surface area contributed by atoms with Crippen LogP contribution in [0.4, 0.5) is 0 Å². The van der Waals surface area contributed by atoms with Gasteiger partial charge in [-0.1, -0.05) is 19.3 Å². The Bertz CT molecular complexity index is 426. The van der Waals surface area contributed by atoms with Gasteiger partial charge in [-0.15, -0.1) is 0 Å². The fourth-order valence-electron chi connectivity index (χ4n) is 4.03. The van der Waals surface area contributed by atoms with Crippen LogP contribution >= 0.6 is 11.8 Å². The van der Waals surface area contributed by atoms with Crippen LogP contribution in [0.3, 0.4) is 0 Å². The zero-order valence-electron chi connectivity index (χ0n) is 13.0. The molecule has 0 aromatic rings. The monoisotopic (exact) mass is 310 g/mol. The van der Waals surface area contributed by atoms with E-state index in [0.29, 0.717) is 13.0 Å². The van der Waals surface area contributed by atoms with Crippen LogP contribution in [0.1, 0.15) is 58.3 Å². The normalized spacial score (nSPS) is 33.1. The number of thioether (sulfide) groups is 1. The van der Waals surface area contributed by atoms with E-state index in [-0.39, 0.29) is 16.6 Å². The van der Waals surface area contributed by atoms with Crippen molar-refractivity contribution in [2.75, 3.05) is 18.8 Å². The lowest BCUT2D eigenvalue weighted by Crippen LogP contribution is -2.59. The average Bonchev–Trinajstić information content (AvgIpc) is 2.86. The molecule has 5 heteroatoms. The summed E-state index contributed by atoms with van der Waals surface area (Å²) < 4.78 is 0.179. The minimum atomic E-state index is -0.592. The Morgan fingerprint density at radius 3 is 2.57 bits per heavy atom. The van der Waals surface area contributed by atoms with Gasteiger partial charge in [0.2, 0.25) is 11.8 Å². The van der Waals surface area contributed by atoms with Gasteiger partial charge < -0.3 is 10.2 Å². The molecule has 1 saturated carbocycles. The van der Waals surface area contributed by atoms with Gasteiger partial charge in [-0.05, 0) is 38.4 Å². The highest BCUT2D eigenvalue weighted by molar-refractivity contribution is 8.00. The number of carbonyl (C=O) groups is 2. The van der Waals surface area contributed by atoms with Crippen LogP contribution in [-0.4, -0.2) is 45.8 Å². The quantitative estimate of drug-likeness (QED) is 0.851. The second kappa shape index (κ2) is 5.82. The number of nitrogens with zero attached hydrogens (tertiary/aromatic N) is 1. The molecular weight excluding hydrogens is 284 g/mol. The molecular formula is C16H26N2O2S. The maximum absolute atomic E-state index is 13.1. The fraction of sp³-hybridized carbons (Fsp3) is 0.875. The summed E-state index contributed by atoms with van der Waals surface area (Å²) in [7, 11) is 0. The molecule has 1 aliphatic carbocycles. The van der Waals surface area contributed by atoms with Crippen molar-refractivity contribution in [1.29, 1.82) is 0 Å². The summed E-state index contributed by atoms with van der Waals surface area (Å²) in [5, 5.41) is 3.07. The Labute approximate surface area is 131 Å². The summed E-state index contributed by atoms with van der Waals surface area (Å²) in [6.07, 6.45) is 7.78. The highest BCUT2D eigenvalue weighted by Gasteiger charge is 2.46. The van der Waals surface area contributed by atoms with Gasteiger partial charge in [0.25, 0.3) is 0 Å². The van der Waals surface area contributed by atoms with Gasteiger partial charge in [0.1, 0.15) is 5.54 Å². The van der Waals surface area contributed by atoms with Crippen molar-refractivity contribution in [1.82, 2.24) is 10.2 Å². The molecule has 1 unspecified atom stereocenters. The maximum Gasteiger partial charge on any atom is 0.248 e. The molecule has 2 aliphatic heterocycles. The van der Waals surface area contributed by atoms with Crippen LogP contribution in [0.2, 0.25) is 0 Å². The van der Waals surface area contributed by atoms with Crippen molar-refractivity contribution in [3.8, 4) is 0 Å². The van der Waals surface area contributed by atoms with E-state index in [1.165, 1.54) is 25.0 Å². The Hall–Kier alpha value is -0.710. The Balaban J connectivity index is 1.79. The summed E-state index contributed by atoms with van der Waals surface area (Å²) >= 11 is 1.98. The smallest absolute Gasteiger partial charge is 0.248 e. The zero-order valence-corrected chi connectivity index (χ0v) is 13.8. The molecule has 2 saturated heterocycles. The molecule has 0 radical (unpaired) electrons. The second-order valence-corrected chi connectivity index (χ2v) is 8.75. The summed E-state index contributed by atoms with van der Waals surface area (Å²) in [6, 6.07) is 0. The molecule has 0 bridgehead atoms. The van der Waals surface area contributed by atoms with E-state index in [1.807, 2.05) is 16.7 Å².